The highest BCUT2D eigenvalue weighted by atomic mass is 32.2. The van der Waals surface area contributed by atoms with E-state index in [1.165, 1.54) is 21.5 Å². The van der Waals surface area contributed by atoms with Gasteiger partial charge in [-0.25, -0.2) is 0 Å². The molecule has 0 aliphatic rings. The molecule has 1 atom stereocenters. The number of H-pyrrole nitrogens is 1. The topological polar surface area (TPSA) is 27.8 Å². The molecule has 2 aromatic carbocycles. The Balaban J connectivity index is 1.86. The molecule has 3 heteroatoms. The molecule has 3 rings (SSSR count). The number of benzene rings is 2. The maximum Gasteiger partial charge on any atom is 0.0738 e. The second kappa shape index (κ2) is 6.16. The first-order chi connectivity index (χ1) is 9.86. The molecule has 102 valence electrons. The molecule has 1 heterocycles. The number of hydrogen-bond donors (Lipinski definition) is 2. The van der Waals surface area contributed by atoms with Crippen LogP contribution in [0.4, 0.5) is 0 Å². The van der Waals surface area contributed by atoms with E-state index < -0.39 is 0 Å². The van der Waals surface area contributed by atoms with Crippen molar-refractivity contribution in [2.45, 2.75) is 10.3 Å². The highest BCUT2D eigenvalue weighted by Gasteiger charge is 2.13. The fourth-order valence-electron chi connectivity index (χ4n) is 2.34. The van der Waals surface area contributed by atoms with Crippen molar-refractivity contribution in [2.24, 2.45) is 0 Å². The van der Waals surface area contributed by atoms with Gasteiger partial charge in [0.1, 0.15) is 0 Å². The zero-order valence-corrected chi connectivity index (χ0v) is 12.3. The Morgan fingerprint density at radius 3 is 2.55 bits per heavy atom. The zero-order chi connectivity index (χ0) is 13.8. The molecule has 0 fully saturated rings. The minimum Gasteiger partial charge on any atom is -0.350 e. The fraction of sp³-hybridized carbons (Fsp3) is 0.176. The van der Waals surface area contributed by atoms with E-state index in [0.29, 0.717) is 5.25 Å². The van der Waals surface area contributed by atoms with Crippen molar-refractivity contribution < 1.29 is 0 Å². The molecular formula is C17H18N2S. The SMILES string of the molecule is CNCC(Sc1cc2ccccc2[nH]1)c1ccccc1. The summed E-state index contributed by atoms with van der Waals surface area (Å²) in [5.41, 5.74) is 2.55. The smallest absolute Gasteiger partial charge is 0.0738 e. The number of rotatable bonds is 5. The summed E-state index contributed by atoms with van der Waals surface area (Å²) in [6, 6.07) is 21.3. The number of nitrogens with one attached hydrogen (secondary N) is 2. The van der Waals surface area contributed by atoms with Gasteiger partial charge in [0.15, 0.2) is 0 Å². The molecule has 2 nitrogen and oxygen atoms in total. The van der Waals surface area contributed by atoms with Crippen molar-refractivity contribution in [3.05, 3.63) is 66.2 Å². The molecule has 0 aliphatic carbocycles. The lowest BCUT2D eigenvalue weighted by Gasteiger charge is -2.15. The number of hydrogen-bond acceptors (Lipinski definition) is 2. The predicted molar refractivity (Wildman–Crippen MR) is 87.3 cm³/mol. The number of thioether (sulfide) groups is 1. The minimum atomic E-state index is 0.411. The predicted octanol–water partition coefficient (Wildman–Crippen LogP) is 4.22. The average molecular weight is 282 g/mol. The Kier molecular flexibility index (Phi) is 4.09. The molecule has 1 unspecified atom stereocenters. The summed E-state index contributed by atoms with van der Waals surface area (Å²) < 4.78 is 0. The van der Waals surface area contributed by atoms with Gasteiger partial charge in [0, 0.05) is 22.7 Å². The van der Waals surface area contributed by atoms with Crippen LogP contribution in [0.1, 0.15) is 10.8 Å². The van der Waals surface area contributed by atoms with E-state index in [9.17, 15) is 0 Å². The molecule has 0 amide bonds. The third-order valence-electron chi connectivity index (χ3n) is 3.34. The Morgan fingerprint density at radius 1 is 1.05 bits per heavy atom. The van der Waals surface area contributed by atoms with Crippen LogP contribution in [0.2, 0.25) is 0 Å². The number of fused-ring (bicyclic) bond motifs is 1. The van der Waals surface area contributed by atoms with E-state index in [2.05, 4.69) is 71.0 Å². The molecular weight excluding hydrogens is 264 g/mol. The zero-order valence-electron chi connectivity index (χ0n) is 11.5. The van der Waals surface area contributed by atoms with E-state index in [1.54, 1.807) is 0 Å². The van der Waals surface area contributed by atoms with E-state index >= 15 is 0 Å². The van der Waals surface area contributed by atoms with Gasteiger partial charge in [-0.1, -0.05) is 60.3 Å². The van der Waals surface area contributed by atoms with Crippen LogP contribution >= 0.6 is 11.8 Å². The molecule has 0 radical (unpaired) electrons. The maximum atomic E-state index is 3.49. The van der Waals surface area contributed by atoms with Crippen molar-refractivity contribution in [1.29, 1.82) is 0 Å². The first-order valence-electron chi connectivity index (χ1n) is 6.81. The van der Waals surface area contributed by atoms with Crippen molar-refractivity contribution in [2.75, 3.05) is 13.6 Å². The molecule has 1 aromatic heterocycles. The van der Waals surface area contributed by atoms with Gasteiger partial charge in [-0.2, -0.15) is 0 Å². The normalized spacial score (nSPS) is 12.7. The summed E-state index contributed by atoms with van der Waals surface area (Å²) in [5, 5.41) is 6.18. The summed E-state index contributed by atoms with van der Waals surface area (Å²) in [6.45, 7) is 0.948. The standard InChI is InChI=1S/C17H18N2S/c1-18-12-16(13-7-3-2-4-8-13)20-17-11-14-9-5-6-10-15(14)19-17/h2-11,16,18-19H,12H2,1H3. The van der Waals surface area contributed by atoms with Crippen LogP contribution in [-0.4, -0.2) is 18.6 Å². The number of para-hydroxylation sites is 1. The number of aromatic nitrogens is 1. The molecule has 0 spiro atoms. The van der Waals surface area contributed by atoms with Gasteiger partial charge in [0.2, 0.25) is 0 Å². The van der Waals surface area contributed by atoms with Gasteiger partial charge < -0.3 is 10.3 Å². The van der Waals surface area contributed by atoms with Crippen molar-refractivity contribution in [3.63, 3.8) is 0 Å². The van der Waals surface area contributed by atoms with Gasteiger partial charge in [-0.3, -0.25) is 0 Å². The molecule has 20 heavy (non-hydrogen) atoms. The lowest BCUT2D eigenvalue weighted by atomic mass is 10.1. The molecule has 0 saturated carbocycles. The van der Waals surface area contributed by atoms with Crippen LogP contribution in [-0.2, 0) is 0 Å². The number of likely N-dealkylation sites (N-methyl/N-ethyl adjacent to an activating group) is 1. The third-order valence-corrected chi connectivity index (χ3v) is 4.53. The van der Waals surface area contributed by atoms with E-state index in [4.69, 9.17) is 0 Å². The van der Waals surface area contributed by atoms with Crippen LogP contribution in [0.15, 0.2) is 65.7 Å². The highest BCUT2D eigenvalue weighted by Crippen LogP contribution is 2.35. The summed E-state index contributed by atoms with van der Waals surface area (Å²) in [7, 11) is 2.00. The van der Waals surface area contributed by atoms with Crippen LogP contribution in [0.25, 0.3) is 10.9 Å². The molecule has 0 bridgehead atoms. The van der Waals surface area contributed by atoms with E-state index in [1.807, 2.05) is 18.8 Å². The largest absolute Gasteiger partial charge is 0.350 e. The van der Waals surface area contributed by atoms with E-state index in [0.717, 1.165) is 6.54 Å². The molecule has 3 aromatic rings. The molecule has 2 N–H and O–H groups in total. The van der Waals surface area contributed by atoms with E-state index in [-0.39, 0.29) is 0 Å². The Labute approximate surface area is 123 Å². The lowest BCUT2D eigenvalue weighted by Crippen LogP contribution is -2.14. The second-order valence-electron chi connectivity index (χ2n) is 4.80. The minimum absolute atomic E-state index is 0.411. The Morgan fingerprint density at radius 2 is 1.80 bits per heavy atom. The average Bonchev–Trinajstić information content (AvgIpc) is 2.90. The molecule has 0 saturated heterocycles. The maximum absolute atomic E-state index is 3.49. The van der Waals surface area contributed by atoms with Gasteiger partial charge in [0.05, 0.1) is 5.03 Å². The lowest BCUT2D eigenvalue weighted by molar-refractivity contribution is 0.777. The van der Waals surface area contributed by atoms with Gasteiger partial charge >= 0.3 is 0 Å². The Hall–Kier alpha value is -1.71. The first-order valence-corrected chi connectivity index (χ1v) is 7.69. The van der Waals surface area contributed by atoms with Crippen LogP contribution in [0.5, 0.6) is 0 Å². The summed E-state index contributed by atoms with van der Waals surface area (Å²) >= 11 is 1.87. The monoisotopic (exact) mass is 282 g/mol. The van der Waals surface area contributed by atoms with Crippen LogP contribution < -0.4 is 5.32 Å². The summed E-state index contributed by atoms with van der Waals surface area (Å²) in [5.74, 6) is 0. The van der Waals surface area contributed by atoms with Gasteiger partial charge in [0.25, 0.3) is 0 Å². The second-order valence-corrected chi connectivity index (χ2v) is 6.04. The highest BCUT2D eigenvalue weighted by molar-refractivity contribution is 7.99. The third kappa shape index (κ3) is 2.89. The van der Waals surface area contributed by atoms with Gasteiger partial charge in [-0.15, -0.1) is 0 Å². The summed E-state index contributed by atoms with van der Waals surface area (Å²) in [4.78, 5) is 3.49. The van der Waals surface area contributed by atoms with Gasteiger partial charge in [-0.05, 0) is 24.7 Å². The quantitative estimate of drug-likeness (QED) is 0.686. The van der Waals surface area contributed by atoms with Crippen LogP contribution in [0, 0.1) is 0 Å². The molecule has 0 aliphatic heterocycles. The van der Waals surface area contributed by atoms with Crippen molar-refractivity contribution in [3.8, 4) is 0 Å². The van der Waals surface area contributed by atoms with Crippen LogP contribution in [0.3, 0.4) is 0 Å². The van der Waals surface area contributed by atoms with Crippen molar-refractivity contribution in [1.82, 2.24) is 10.3 Å². The number of aromatic amines is 1. The van der Waals surface area contributed by atoms with Crippen molar-refractivity contribution >= 4 is 22.7 Å². The first kappa shape index (κ1) is 13.3. The Bertz CT molecular complexity index is 643. The summed E-state index contributed by atoms with van der Waals surface area (Å²) in [6.07, 6.45) is 0. The fourth-order valence-corrected chi connectivity index (χ4v) is 3.56.